The zero-order valence-electron chi connectivity index (χ0n) is 19.1. The summed E-state index contributed by atoms with van der Waals surface area (Å²) in [4.78, 5) is 30.5. The first-order valence-corrected chi connectivity index (χ1v) is 11.4. The molecule has 0 aromatic heterocycles. The molecule has 178 valence electrons. The monoisotopic (exact) mass is 557 g/mol. The largest absolute Gasteiger partial charge is 0.450 e. The number of amides is 2. The molecule has 1 aromatic rings. The highest BCUT2D eigenvalue weighted by atomic mass is 127. The van der Waals surface area contributed by atoms with E-state index in [0.29, 0.717) is 26.2 Å². The average Bonchev–Trinajstić information content (AvgIpc) is 2.72. The van der Waals surface area contributed by atoms with Crippen LogP contribution in [0.2, 0.25) is 0 Å². The first kappa shape index (κ1) is 26.2. The van der Waals surface area contributed by atoms with Gasteiger partial charge in [-0.2, -0.15) is 0 Å². The van der Waals surface area contributed by atoms with Gasteiger partial charge >= 0.3 is 6.09 Å². The summed E-state index contributed by atoms with van der Waals surface area (Å²) >= 11 is 0. The second-order valence-electron chi connectivity index (χ2n) is 8.12. The van der Waals surface area contributed by atoms with Gasteiger partial charge in [0.1, 0.15) is 0 Å². The minimum absolute atomic E-state index is 0. The lowest BCUT2D eigenvalue weighted by atomic mass is 9.85. The van der Waals surface area contributed by atoms with Crippen molar-refractivity contribution in [2.75, 3.05) is 31.6 Å². The Bertz CT molecular complexity index is 777. The maximum atomic E-state index is 12.2. The van der Waals surface area contributed by atoms with E-state index in [-0.39, 0.29) is 47.9 Å². The molecule has 3 N–H and O–H groups in total. The lowest BCUT2D eigenvalue weighted by Gasteiger charge is -2.32. The summed E-state index contributed by atoms with van der Waals surface area (Å²) in [5, 5.41) is 9.81. The summed E-state index contributed by atoms with van der Waals surface area (Å²) in [6, 6.07) is 8.14. The number of nitrogens with zero attached hydrogens (tertiary/aromatic N) is 2. The van der Waals surface area contributed by atoms with E-state index in [0.717, 1.165) is 55.9 Å². The number of guanidine groups is 1. The number of nitrogens with one attached hydrogen (secondary N) is 3. The van der Waals surface area contributed by atoms with E-state index in [1.807, 2.05) is 38.1 Å². The number of carbonyl (C=O) groups excluding carboxylic acids is 2. The van der Waals surface area contributed by atoms with Crippen molar-refractivity contribution >= 4 is 47.6 Å². The van der Waals surface area contributed by atoms with Crippen molar-refractivity contribution in [3.63, 3.8) is 0 Å². The van der Waals surface area contributed by atoms with Crippen molar-refractivity contribution in [2.45, 2.75) is 58.5 Å². The fourth-order valence-corrected chi connectivity index (χ4v) is 3.77. The molecule has 3 rings (SSSR count). The second-order valence-corrected chi connectivity index (χ2v) is 8.12. The van der Waals surface area contributed by atoms with Crippen LogP contribution in [0, 0.1) is 5.92 Å². The normalized spacial score (nSPS) is 17.1. The number of aliphatic imine (C=N–C) groups is 1. The highest BCUT2D eigenvalue weighted by Crippen LogP contribution is 2.27. The zero-order chi connectivity index (χ0) is 22.1. The topological polar surface area (TPSA) is 95.1 Å². The van der Waals surface area contributed by atoms with E-state index in [2.05, 4.69) is 16.0 Å². The third-order valence-corrected chi connectivity index (χ3v) is 5.80. The molecule has 0 radical (unpaired) electrons. The molecule has 2 aliphatic rings. The predicted octanol–water partition coefficient (Wildman–Crippen LogP) is 3.72. The quantitative estimate of drug-likeness (QED) is 0.270. The maximum absolute atomic E-state index is 12.2. The lowest BCUT2D eigenvalue weighted by Crippen LogP contribution is -2.49. The van der Waals surface area contributed by atoms with Crippen LogP contribution < -0.4 is 16.0 Å². The van der Waals surface area contributed by atoms with Crippen molar-refractivity contribution in [3.05, 3.63) is 29.8 Å². The van der Waals surface area contributed by atoms with E-state index in [1.54, 1.807) is 4.90 Å². The second kappa shape index (κ2) is 13.5. The van der Waals surface area contributed by atoms with E-state index in [4.69, 9.17) is 9.73 Å². The first-order valence-electron chi connectivity index (χ1n) is 11.4. The van der Waals surface area contributed by atoms with Crippen LogP contribution in [0.5, 0.6) is 0 Å². The molecule has 1 aliphatic heterocycles. The average molecular weight is 557 g/mol. The number of hydrogen-bond acceptors (Lipinski definition) is 4. The van der Waals surface area contributed by atoms with Crippen LogP contribution >= 0.6 is 24.0 Å². The van der Waals surface area contributed by atoms with Crippen LogP contribution in [0.25, 0.3) is 0 Å². The molecular weight excluding hydrogens is 521 g/mol. The minimum atomic E-state index is -0.231. The zero-order valence-corrected chi connectivity index (χ0v) is 21.4. The number of likely N-dealkylation sites (tertiary alicyclic amines) is 1. The number of rotatable bonds is 7. The summed E-state index contributed by atoms with van der Waals surface area (Å²) < 4.78 is 5.08. The smallest absolute Gasteiger partial charge is 0.409 e. The maximum Gasteiger partial charge on any atom is 0.409 e. The minimum Gasteiger partial charge on any atom is -0.450 e. The van der Waals surface area contributed by atoms with Gasteiger partial charge in [-0.25, -0.2) is 9.79 Å². The molecule has 0 spiro atoms. The van der Waals surface area contributed by atoms with Gasteiger partial charge in [0.2, 0.25) is 5.91 Å². The summed E-state index contributed by atoms with van der Waals surface area (Å²) in [6.07, 6.45) is 4.61. The van der Waals surface area contributed by atoms with Crippen LogP contribution in [0.3, 0.4) is 0 Å². The standard InChI is InChI=1S/C23H35N5O3.HI/c1-3-24-22(27-19-11-13-28(14-12-19)23(30)31-4-2)25-16-17-7-5-10-20(15-17)26-21(29)18-8-6-9-18;/h5,7,10,15,18-19H,3-4,6,8-9,11-14,16H2,1-2H3,(H,26,29)(H2,24,25,27);1H. The molecule has 1 saturated heterocycles. The van der Waals surface area contributed by atoms with Crippen molar-refractivity contribution in [3.8, 4) is 0 Å². The fraction of sp³-hybridized carbons (Fsp3) is 0.609. The Morgan fingerprint density at radius 3 is 2.53 bits per heavy atom. The van der Waals surface area contributed by atoms with Gasteiger partial charge in [-0.05, 0) is 57.2 Å². The number of hydrogen-bond donors (Lipinski definition) is 3. The van der Waals surface area contributed by atoms with E-state index < -0.39 is 0 Å². The molecule has 2 fully saturated rings. The molecule has 1 heterocycles. The van der Waals surface area contributed by atoms with Crippen molar-refractivity contribution < 1.29 is 14.3 Å². The Hall–Kier alpha value is -2.04. The first-order chi connectivity index (χ1) is 15.1. The number of ether oxygens (including phenoxy) is 1. The van der Waals surface area contributed by atoms with Crippen molar-refractivity contribution in [1.82, 2.24) is 15.5 Å². The van der Waals surface area contributed by atoms with E-state index in [9.17, 15) is 9.59 Å². The van der Waals surface area contributed by atoms with Crippen molar-refractivity contribution in [1.29, 1.82) is 0 Å². The Morgan fingerprint density at radius 1 is 1.16 bits per heavy atom. The lowest BCUT2D eigenvalue weighted by molar-refractivity contribution is -0.122. The number of benzene rings is 1. The molecule has 32 heavy (non-hydrogen) atoms. The molecule has 1 aromatic carbocycles. The molecule has 1 saturated carbocycles. The number of anilines is 1. The van der Waals surface area contributed by atoms with Gasteiger partial charge < -0.3 is 25.6 Å². The van der Waals surface area contributed by atoms with Gasteiger partial charge in [-0.15, -0.1) is 24.0 Å². The number of halogens is 1. The predicted molar refractivity (Wildman–Crippen MR) is 137 cm³/mol. The van der Waals surface area contributed by atoms with Gasteiger partial charge in [0.05, 0.1) is 13.2 Å². The van der Waals surface area contributed by atoms with Crippen LogP contribution in [0.15, 0.2) is 29.3 Å². The molecule has 0 unspecified atom stereocenters. The Labute approximate surface area is 208 Å². The number of carbonyl (C=O) groups is 2. The van der Waals surface area contributed by atoms with Gasteiger partial charge in [-0.1, -0.05) is 18.6 Å². The Morgan fingerprint density at radius 2 is 1.91 bits per heavy atom. The highest BCUT2D eigenvalue weighted by molar-refractivity contribution is 14.0. The molecule has 9 heteroatoms. The van der Waals surface area contributed by atoms with Crippen LogP contribution in [0.4, 0.5) is 10.5 Å². The van der Waals surface area contributed by atoms with Gasteiger partial charge in [0, 0.05) is 37.3 Å². The molecular formula is C23H36IN5O3. The Kier molecular flexibility index (Phi) is 11.1. The highest BCUT2D eigenvalue weighted by Gasteiger charge is 2.25. The molecule has 1 aliphatic carbocycles. The van der Waals surface area contributed by atoms with Crippen LogP contribution in [0.1, 0.15) is 51.5 Å². The van der Waals surface area contributed by atoms with Gasteiger partial charge in [-0.3, -0.25) is 4.79 Å². The fourth-order valence-electron chi connectivity index (χ4n) is 3.77. The van der Waals surface area contributed by atoms with Gasteiger partial charge in [0.25, 0.3) is 0 Å². The summed E-state index contributed by atoms with van der Waals surface area (Å²) in [6.45, 7) is 6.91. The number of piperidine rings is 1. The van der Waals surface area contributed by atoms with Gasteiger partial charge in [0.15, 0.2) is 5.96 Å². The molecule has 0 atom stereocenters. The molecule has 0 bridgehead atoms. The van der Waals surface area contributed by atoms with Crippen LogP contribution in [-0.2, 0) is 16.1 Å². The summed E-state index contributed by atoms with van der Waals surface area (Å²) in [5.74, 6) is 1.05. The summed E-state index contributed by atoms with van der Waals surface area (Å²) in [7, 11) is 0. The molecule has 8 nitrogen and oxygen atoms in total. The van der Waals surface area contributed by atoms with Crippen LogP contribution in [-0.4, -0.2) is 55.1 Å². The SMILES string of the molecule is CCNC(=NCc1cccc(NC(=O)C2CCC2)c1)NC1CCN(C(=O)OCC)CC1.I. The summed E-state index contributed by atoms with van der Waals surface area (Å²) in [5.41, 5.74) is 1.87. The van der Waals surface area contributed by atoms with E-state index in [1.165, 1.54) is 0 Å². The third-order valence-electron chi connectivity index (χ3n) is 5.80. The Balaban J connectivity index is 0.00000363. The van der Waals surface area contributed by atoms with E-state index >= 15 is 0 Å². The third kappa shape index (κ3) is 7.83. The molecule has 2 amide bonds. The van der Waals surface area contributed by atoms with Crippen molar-refractivity contribution in [2.24, 2.45) is 10.9 Å².